The Labute approximate surface area is 175 Å². The van der Waals surface area contributed by atoms with Gasteiger partial charge in [0.1, 0.15) is 5.02 Å². The van der Waals surface area contributed by atoms with Crippen molar-refractivity contribution in [3.05, 3.63) is 51.2 Å². The standard InChI is InChI=1S/C18H20ClF3N6O2/c1-11(23)9-28-10-12(6-14(19)16(28)30)15(29)26-2-4-27(5-3-26)17-24-7-13(8-25-17)18(20,21)22/h6-8,10-11H,2-5,9,23H2,1H3/t11-/m0/s1. The molecule has 0 bridgehead atoms. The second kappa shape index (κ2) is 8.60. The molecular formula is C18H20ClF3N6O2. The van der Waals surface area contributed by atoms with E-state index in [1.807, 2.05) is 0 Å². The Morgan fingerprint density at radius 2 is 1.83 bits per heavy atom. The third-order valence-corrected chi connectivity index (χ3v) is 4.86. The van der Waals surface area contributed by atoms with Crippen LogP contribution in [0.5, 0.6) is 0 Å². The molecule has 2 N–H and O–H groups in total. The van der Waals surface area contributed by atoms with E-state index in [1.54, 1.807) is 16.7 Å². The first-order chi connectivity index (χ1) is 14.1. The molecule has 0 radical (unpaired) electrons. The highest BCUT2D eigenvalue weighted by molar-refractivity contribution is 6.30. The first-order valence-electron chi connectivity index (χ1n) is 9.15. The van der Waals surface area contributed by atoms with Crippen LogP contribution in [0.2, 0.25) is 5.02 Å². The fourth-order valence-electron chi connectivity index (χ4n) is 3.09. The van der Waals surface area contributed by atoms with Crippen molar-refractivity contribution >= 4 is 23.5 Å². The number of nitrogens with zero attached hydrogens (tertiary/aromatic N) is 5. The predicted molar refractivity (Wildman–Crippen MR) is 105 cm³/mol. The first-order valence-corrected chi connectivity index (χ1v) is 9.53. The van der Waals surface area contributed by atoms with Crippen LogP contribution in [0.1, 0.15) is 22.8 Å². The Balaban J connectivity index is 1.68. The first kappa shape index (κ1) is 22.0. The second-order valence-electron chi connectivity index (χ2n) is 7.06. The number of pyridine rings is 1. The lowest BCUT2D eigenvalue weighted by atomic mass is 10.2. The molecular weight excluding hydrogens is 425 g/mol. The number of hydrogen-bond acceptors (Lipinski definition) is 6. The van der Waals surface area contributed by atoms with Gasteiger partial charge in [-0.2, -0.15) is 13.2 Å². The van der Waals surface area contributed by atoms with Gasteiger partial charge in [0.25, 0.3) is 11.5 Å². The number of aromatic nitrogens is 3. The van der Waals surface area contributed by atoms with Gasteiger partial charge in [-0.25, -0.2) is 9.97 Å². The maximum atomic E-state index is 12.8. The SMILES string of the molecule is C[C@H](N)Cn1cc(C(=O)N2CCN(c3ncc(C(F)(F)F)cn3)CC2)cc(Cl)c1=O. The number of anilines is 1. The molecule has 3 heterocycles. The van der Waals surface area contributed by atoms with Crippen LogP contribution in [0.3, 0.4) is 0 Å². The number of piperazine rings is 1. The lowest BCUT2D eigenvalue weighted by Gasteiger charge is -2.34. The number of carbonyl (C=O) groups is 1. The maximum absolute atomic E-state index is 12.8. The molecule has 12 heteroatoms. The average molecular weight is 445 g/mol. The zero-order valence-electron chi connectivity index (χ0n) is 16.1. The number of halogens is 4. The van der Waals surface area contributed by atoms with Crippen LogP contribution in [0.25, 0.3) is 0 Å². The van der Waals surface area contributed by atoms with Crippen molar-refractivity contribution in [2.75, 3.05) is 31.1 Å². The van der Waals surface area contributed by atoms with Crippen molar-refractivity contribution in [1.29, 1.82) is 0 Å². The summed E-state index contributed by atoms with van der Waals surface area (Å²) in [5.41, 5.74) is 4.66. The summed E-state index contributed by atoms with van der Waals surface area (Å²) >= 11 is 5.98. The van der Waals surface area contributed by atoms with E-state index in [1.165, 1.54) is 16.8 Å². The molecule has 0 unspecified atom stereocenters. The lowest BCUT2D eigenvalue weighted by molar-refractivity contribution is -0.138. The zero-order chi connectivity index (χ0) is 22.1. The fraction of sp³-hybridized carbons (Fsp3) is 0.444. The summed E-state index contributed by atoms with van der Waals surface area (Å²) in [5.74, 6) is -0.132. The Bertz CT molecular complexity index is 969. The van der Waals surface area contributed by atoms with Gasteiger partial charge in [0.2, 0.25) is 5.95 Å². The van der Waals surface area contributed by atoms with Crippen molar-refractivity contribution in [1.82, 2.24) is 19.4 Å². The van der Waals surface area contributed by atoms with E-state index in [0.717, 1.165) is 12.4 Å². The minimum absolute atomic E-state index is 0.0710. The average Bonchev–Trinajstić information content (AvgIpc) is 2.70. The number of nitrogens with two attached hydrogens (primary N) is 1. The molecule has 30 heavy (non-hydrogen) atoms. The van der Waals surface area contributed by atoms with Crippen LogP contribution in [0.4, 0.5) is 19.1 Å². The maximum Gasteiger partial charge on any atom is 0.419 e. The summed E-state index contributed by atoms with van der Waals surface area (Å²) in [7, 11) is 0. The molecule has 3 rings (SSSR count). The minimum atomic E-state index is -4.50. The van der Waals surface area contributed by atoms with Gasteiger partial charge in [-0.05, 0) is 13.0 Å². The number of amides is 1. The van der Waals surface area contributed by atoms with Crippen molar-refractivity contribution < 1.29 is 18.0 Å². The van der Waals surface area contributed by atoms with Gasteiger partial charge in [-0.15, -0.1) is 0 Å². The molecule has 0 saturated carbocycles. The molecule has 1 fully saturated rings. The van der Waals surface area contributed by atoms with Crippen molar-refractivity contribution in [2.24, 2.45) is 5.73 Å². The third kappa shape index (κ3) is 4.90. The monoisotopic (exact) mass is 444 g/mol. The van der Waals surface area contributed by atoms with E-state index in [9.17, 15) is 22.8 Å². The summed E-state index contributed by atoms with van der Waals surface area (Å²) in [6.07, 6.45) is -1.58. The van der Waals surface area contributed by atoms with Crippen molar-refractivity contribution in [3.8, 4) is 0 Å². The van der Waals surface area contributed by atoms with Crippen molar-refractivity contribution in [2.45, 2.75) is 25.7 Å². The van der Waals surface area contributed by atoms with Crippen LogP contribution in [0, 0.1) is 0 Å². The Kier molecular flexibility index (Phi) is 6.32. The van der Waals surface area contributed by atoms with E-state index in [0.29, 0.717) is 26.2 Å². The fourth-order valence-corrected chi connectivity index (χ4v) is 3.31. The Hall–Kier alpha value is -2.66. The third-order valence-electron chi connectivity index (χ3n) is 4.59. The zero-order valence-corrected chi connectivity index (χ0v) is 16.8. The molecule has 1 atom stereocenters. The molecule has 1 aliphatic heterocycles. The molecule has 1 amide bonds. The van der Waals surface area contributed by atoms with Crippen LogP contribution >= 0.6 is 11.6 Å². The number of carbonyl (C=O) groups excluding carboxylic acids is 1. The second-order valence-corrected chi connectivity index (χ2v) is 7.47. The van der Waals surface area contributed by atoms with Crippen LogP contribution in [0.15, 0.2) is 29.5 Å². The van der Waals surface area contributed by atoms with Crippen LogP contribution in [-0.4, -0.2) is 57.6 Å². The van der Waals surface area contributed by atoms with E-state index < -0.39 is 17.3 Å². The number of alkyl halides is 3. The number of hydrogen-bond donors (Lipinski definition) is 1. The van der Waals surface area contributed by atoms with Gasteiger partial charge < -0.3 is 20.1 Å². The quantitative estimate of drug-likeness (QED) is 0.769. The molecule has 2 aromatic rings. The smallest absolute Gasteiger partial charge is 0.337 e. The van der Waals surface area contributed by atoms with E-state index in [4.69, 9.17) is 17.3 Å². The van der Waals surface area contributed by atoms with Gasteiger partial charge in [0.15, 0.2) is 0 Å². The molecule has 2 aromatic heterocycles. The van der Waals surface area contributed by atoms with Crippen LogP contribution in [-0.2, 0) is 12.7 Å². The van der Waals surface area contributed by atoms with Crippen LogP contribution < -0.4 is 16.2 Å². The summed E-state index contributed by atoms with van der Waals surface area (Å²) in [6.45, 7) is 3.28. The minimum Gasteiger partial charge on any atom is -0.337 e. The summed E-state index contributed by atoms with van der Waals surface area (Å²) in [4.78, 5) is 35.8. The molecule has 1 saturated heterocycles. The van der Waals surface area contributed by atoms with Gasteiger partial charge in [-0.1, -0.05) is 11.6 Å². The highest BCUT2D eigenvalue weighted by Crippen LogP contribution is 2.28. The van der Waals surface area contributed by atoms with Gasteiger partial charge in [0, 0.05) is 57.4 Å². The normalized spacial score (nSPS) is 15.9. The summed E-state index contributed by atoms with van der Waals surface area (Å²) < 4.78 is 39.2. The Morgan fingerprint density at radius 1 is 1.23 bits per heavy atom. The van der Waals surface area contributed by atoms with Gasteiger partial charge >= 0.3 is 6.18 Å². The molecule has 162 valence electrons. The number of rotatable bonds is 4. The summed E-state index contributed by atoms with van der Waals surface area (Å²) in [5, 5.41) is -0.0710. The topological polar surface area (TPSA) is 97.3 Å². The van der Waals surface area contributed by atoms with Gasteiger partial charge in [0.05, 0.1) is 11.1 Å². The Morgan fingerprint density at radius 3 is 2.37 bits per heavy atom. The largest absolute Gasteiger partial charge is 0.419 e. The van der Waals surface area contributed by atoms with Crippen molar-refractivity contribution in [3.63, 3.8) is 0 Å². The van der Waals surface area contributed by atoms with E-state index >= 15 is 0 Å². The molecule has 0 spiro atoms. The van der Waals surface area contributed by atoms with E-state index in [-0.39, 0.29) is 35.0 Å². The highest BCUT2D eigenvalue weighted by atomic mass is 35.5. The molecule has 8 nitrogen and oxygen atoms in total. The van der Waals surface area contributed by atoms with Gasteiger partial charge in [-0.3, -0.25) is 9.59 Å². The summed E-state index contributed by atoms with van der Waals surface area (Å²) in [6, 6.07) is 1.03. The molecule has 0 aromatic carbocycles. The van der Waals surface area contributed by atoms with E-state index in [2.05, 4.69) is 9.97 Å². The highest BCUT2D eigenvalue weighted by Gasteiger charge is 2.32. The predicted octanol–water partition coefficient (Wildman–Crippen LogP) is 1.62. The lowest BCUT2D eigenvalue weighted by Crippen LogP contribution is -2.49. The molecule has 1 aliphatic rings. The molecule has 0 aliphatic carbocycles.